The number of carbonyl (C=O) groups excluding carboxylic acids is 1. The summed E-state index contributed by atoms with van der Waals surface area (Å²) in [6, 6.07) is 15.6. The lowest BCUT2D eigenvalue weighted by Crippen LogP contribution is -2.39. The van der Waals surface area contributed by atoms with Gasteiger partial charge < -0.3 is 20.1 Å². The Morgan fingerprint density at radius 2 is 1.84 bits per heavy atom. The Labute approximate surface area is 148 Å². The standard InChI is InChI=1S/C20H24N2O3/c1-22(17(9-10-21)13-15-5-3-2-4-6-15)20(23)16-7-8-18-19(14-16)25-12-11-24-18/h2-8,14,17H,9-13,21H2,1H3/t17-/m1/s1. The van der Waals surface area contributed by atoms with Crippen LogP contribution in [0.2, 0.25) is 0 Å². The van der Waals surface area contributed by atoms with Crippen LogP contribution in [-0.2, 0) is 6.42 Å². The third-order valence-electron chi connectivity index (χ3n) is 4.47. The highest BCUT2D eigenvalue weighted by atomic mass is 16.6. The number of ether oxygens (including phenoxy) is 2. The van der Waals surface area contributed by atoms with Gasteiger partial charge in [-0.3, -0.25) is 4.79 Å². The molecule has 2 N–H and O–H groups in total. The molecule has 0 aromatic heterocycles. The highest BCUT2D eigenvalue weighted by Gasteiger charge is 2.23. The van der Waals surface area contributed by atoms with Gasteiger partial charge in [0.25, 0.3) is 5.91 Å². The molecule has 0 unspecified atom stereocenters. The summed E-state index contributed by atoms with van der Waals surface area (Å²) < 4.78 is 11.1. The van der Waals surface area contributed by atoms with Gasteiger partial charge in [0.05, 0.1) is 0 Å². The quantitative estimate of drug-likeness (QED) is 0.877. The van der Waals surface area contributed by atoms with Crippen molar-refractivity contribution in [2.24, 2.45) is 5.73 Å². The predicted octanol–water partition coefficient (Wildman–Crippen LogP) is 2.49. The molecule has 132 valence electrons. The summed E-state index contributed by atoms with van der Waals surface area (Å²) >= 11 is 0. The van der Waals surface area contributed by atoms with Crippen LogP contribution in [0.15, 0.2) is 48.5 Å². The van der Waals surface area contributed by atoms with Crippen molar-refractivity contribution in [1.82, 2.24) is 4.90 Å². The van der Waals surface area contributed by atoms with Gasteiger partial charge in [-0.2, -0.15) is 0 Å². The monoisotopic (exact) mass is 340 g/mol. The van der Waals surface area contributed by atoms with E-state index in [4.69, 9.17) is 15.2 Å². The number of nitrogens with two attached hydrogens (primary N) is 1. The van der Waals surface area contributed by atoms with Crippen LogP contribution in [-0.4, -0.2) is 43.7 Å². The van der Waals surface area contributed by atoms with Crippen LogP contribution in [0.4, 0.5) is 0 Å². The van der Waals surface area contributed by atoms with Crippen molar-refractivity contribution in [2.45, 2.75) is 18.9 Å². The smallest absolute Gasteiger partial charge is 0.253 e. The second kappa shape index (κ2) is 8.03. The fourth-order valence-electron chi connectivity index (χ4n) is 3.06. The number of hydrogen-bond donors (Lipinski definition) is 1. The van der Waals surface area contributed by atoms with Gasteiger partial charge in [0, 0.05) is 18.7 Å². The molecule has 0 fully saturated rings. The molecule has 2 aromatic rings. The summed E-state index contributed by atoms with van der Waals surface area (Å²) in [7, 11) is 1.84. The number of amides is 1. The first-order valence-corrected chi connectivity index (χ1v) is 8.60. The highest BCUT2D eigenvalue weighted by molar-refractivity contribution is 5.95. The van der Waals surface area contributed by atoms with Crippen molar-refractivity contribution in [2.75, 3.05) is 26.8 Å². The van der Waals surface area contributed by atoms with E-state index in [1.165, 1.54) is 5.56 Å². The second-order valence-electron chi connectivity index (χ2n) is 6.20. The van der Waals surface area contributed by atoms with Gasteiger partial charge in [-0.05, 0) is 43.1 Å². The lowest BCUT2D eigenvalue weighted by atomic mass is 10.0. The van der Waals surface area contributed by atoms with E-state index in [-0.39, 0.29) is 11.9 Å². The number of rotatable bonds is 6. The minimum Gasteiger partial charge on any atom is -0.486 e. The number of carbonyl (C=O) groups is 1. The van der Waals surface area contributed by atoms with E-state index in [0.717, 1.165) is 12.8 Å². The van der Waals surface area contributed by atoms with Crippen LogP contribution >= 0.6 is 0 Å². The Morgan fingerprint density at radius 3 is 2.56 bits per heavy atom. The molecule has 1 amide bonds. The molecule has 5 nitrogen and oxygen atoms in total. The molecule has 1 aliphatic heterocycles. The Morgan fingerprint density at radius 1 is 1.12 bits per heavy atom. The molecule has 0 aliphatic carbocycles. The maximum absolute atomic E-state index is 12.9. The summed E-state index contributed by atoms with van der Waals surface area (Å²) in [6.45, 7) is 1.58. The minimum absolute atomic E-state index is 0.0358. The van der Waals surface area contributed by atoms with Gasteiger partial charge in [0.2, 0.25) is 0 Å². The predicted molar refractivity (Wildman–Crippen MR) is 97.1 cm³/mol. The van der Waals surface area contributed by atoms with E-state index in [9.17, 15) is 4.79 Å². The number of likely N-dealkylation sites (N-methyl/N-ethyl adjacent to an activating group) is 1. The Hall–Kier alpha value is -2.53. The molecule has 1 aliphatic rings. The second-order valence-corrected chi connectivity index (χ2v) is 6.20. The van der Waals surface area contributed by atoms with Gasteiger partial charge in [0.15, 0.2) is 11.5 Å². The maximum Gasteiger partial charge on any atom is 0.253 e. The van der Waals surface area contributed by atoms with Crippen molar-refractivity contribution in [1.29, 1.82) is 0 Å². The number of benzene rings is 2. The molecule has 5 heteroatoms. The molecular weight excluding hydrogens is 316 g/mol. The molecule has 2 aromatic carbocycles. The van der Waals surface area contributed by atoms with Crippen LogP contribution < -0.4 is 15.2 Å². The summed E-state index contributed by atoms with van der Waals surface area (Å²) in [6.07, 6.45) is 1.53. The molecule has 0 spiro atoms. The fourth-order valence-corrected chi connectivity index (χ4v) is 3.06. The lowest BCUT2D eigenvalue weighted by Gasteiger charge is -2.29. The van der Waals surface area contributed by atoms with Crippen LogP contribution in [0.3, 0.4) is 0 Å². The summed E-state index contributed by atoms with van der Waals surface area (Å²) in [5.41, 5.74) is 7.57. The van der Waals surface area contributed by atoms with E-state index in [2.05, 4.69) is 12.1 Å². The maximum atomic E-state index is 12.9. The van der Waals surface area contributed by atoms with Crippen molar-refractivity contribution in [3.63, 3.8) is 0 Å². The lowest BCUT2D eigenvalue weighted by molar-refractivity contribution is 0.0724. The first-order valence-electron chi connectivity index (χ1n) is 8.60. The van der Waals surface area contributed by atoms with Crippen LogP contribution in [0.1, 0.15) is 22.3 Å². The van der Waals surface area contributed by atoms with Crippen molar-refractivity contribution in [3.8, 4) is 11.5 Å². The third kappa shape index (κ3) is 4.12. The number of hydrogen-bond acceptors (Lipinski definition) is 4. The Kier molecular flexibility index (Phi) is 5.56. The van der Waals surface area contributed by atoms with Crippen LogP contribution in [0.25, 0.3) is 0 Å². The molecule has 3 rings (SSSR count). The topological polar surface area (TPSA) is 64.8 Å². The van der Waals surface area contributed by atoms with E-state index < -0.39 is 0 Å². The number of fused-ring (bicyclic) bond motifs is 1. The van der Waals surface area contributed by atoms with Crippen LogP contribution in [0.5, 0.6) is 11.5 Å². The van der Waals surface area contributed by atoms with E-state index >= 15 is 0 Å². The largest absolute Gasteiger partial charge is 0.486 e. The van der Waals surface area contributed by atoms with Crippen LogP contribution in [0, 0.1) is 0 Å². The molecule has 1 heterocycles. The summed E-state index contributed by atoms with van der Waals surface area (Å²) in [4.78, 5) is 14.7. The Balaban J connectivity index is 1.76. The van der Waals surface area contributed by atoms with Crippen molar-refractivity contribution in [3.05, 3.63) is 59.7 Å². The zero-order valence-electron chi connectivity index (χ0n) is 14.5. The Bertz CT molecular complexity index is 718. The van der Waals surface area contributed by atoms with E-state index in [1.807, 2.05) is 25.2 Å². The molecule has 25 heavy (non-hydrogen) atoms. The molecule has 0 radical (unpaired) electrons. The first-order chi connectivity index (χ1) is 12.2. The van der Waals surface area contributed by atoms with Crippen molar-refractivity contribution < 1.29 is 14.3 Å². The SMILES string of the molecule is CN(C(=O)c1ccc2c(c1)OCCO2)[C@H](CCN)Cc1ccccc1. The third-order valence-corrected chi connectivity index (χ3v) is 4.47. The van der Waals surface area contributed by atoms with E-state index in [1.54, 1.807) is 23.1 Å². The van der Waals surface area contributed by atoms with Gasteiger partial charge >= 0.3 is 0 Å². The van der Waals surface area contributed by atoms with Crippen molar-refractivity contribution >= 4 is 5.91 Å². The fraction of sp³-hybridized carbons (Fsp3) is 0.350. The number of nitrogens with zero attached hydrogens (tertiary/aromatic N) is 1. The molecule has 0 saturated carbocycles. The normalized spacial score (nSPS) is 14.0. The molecular formula is C20H24N2O3. The summed E-state index contributed by atoms with van der Waals surface area (Å²) in [5.74, 6) is 1.28. The van der Waals surface area contributed by atoms with Gasteiger partial charge in [-0.1, -0.05) is 30.3 Å². The molecule has 1 atom stereocenters. The highest BCUT2D eigenvalue weighted by Crippen LogP contribution is 2.31. The zero-order chi connectivity index (χ0) is 17.6. The summed E-state index contributed by atoms with van der Waals surface area (Å²) in [5, 5.41) is 0. The van der Waals surface area contributed by atoms with Gasteiger partial charge in [-0.15, -0.1) is 0 Å². The van der Waals surface area contributed by atoms with E-state index in [0.29, 0.717) is 36.8 Å². The first kappa shape index (κ1) is 17.3. The van der Waals surface area contributed by atoms with Gasteiger partial charge in [-0.25, -0.2) is 0 Å². The minimum atomic E-state index is -0.0358. The average molecular weight is 340 g/mol. The van der Waals surface area contributed by atoms with Gasteiger partial charge in [0.1, 0.15) is 13.2 Å². The average Bonchev–Trinajstić information content (AvgIpc) is 2.67. The molecule has 0 bridgehead atoms. The zero-order valence-corrected chi connectivity index (χ0v) is 14.5. The molecule has 0 saturated heterocycles.